The highest BCUT2D eigenvalue weighted by Gasteiger charge is 2.30. The van der Waals surface area contributed by atoms with Gasteiger partial charge in [-0.2, -0.15) is 0 Å². The van der Waals surface area contributed by atoms with Crippen LogP contribution in [0.3, 0.4) is 0 Å². The van der Waals surface area contributed by atoms with Gasteiger partial charge in [-0.25, -0.2) is 0 Å². The number of hydrogen-bond acceptors (Lipinski definition) is 4. The highest BCUT2D eigenvalue weighted by Crippen LogP contribution is 2.34. The molecule has 0 radical (unpaired) electrons. The van der Waals surface area contributed by atoms with E-state index in [-0.39, 0.29) is 11.3 Å². The van der Waals surface area contributed by atoms with Crippen molar-refractivity contribution < 1.29 is 14.3 Å². The van der Waals surface area contributed by atoms with Crippen LogP contribution in [0, 0.1) is 12.3 Å². The van der Waals surface area contributed by atoms with Crippen molar-refractivity contribution in [2.45, 2.75) is 27.7 Å². The molecular weight excluding hydrogens is 292 g/mol. The maximum Gasteiger partial charge on any atom is 0.228 e. The second-order valence-electron chi connectivity index (χ2n) is 7.00. The van der Waals surface area contributed by atoms with Gasteiger partial charge in [0.2, 0.25) is 5.91 Å². The lowest BCUT2D eigenvalue weighted by Gasteiger charge is -2.39. The summed E-state index contributed by atoms with van der Waals surface area (Å²) in [6.07, 6.45) is 0. The predicted molar refractivity (Wildman–Crippen MR) is 92.5 cm³/mol. The summed E-state index contributed by atoms with van der Waals surface area (Å²) in [5, 5.41) is 0. The molecule has 2 rings (SSSR count). The standard InChI is InChI=1S/C18H28N2O3/c1-13-15(22-5)11-14(12-16(13)23-6)19-7-9-20(10-8-19)17(21)18(2,3)4/h11-12H,7-10H2,1-6H3. The van der Waals surface area contributed by atoms with E-state index in [4.69, 9.17) is 9.47 Å². The third-order valence-electron chi connectivity index (χ3n) is 4.31. The van der Waals surface area contributed by atoms with Gasteiger partial charge in [-0.3, -0.25) is 4.79 Å². The summed E-state index contributed by atoms with van der Waals surface area (Å²) in [4.78, 5) is 16.6. The number of amides is 1. The van der Waals surface area contributed by atoms with Gasteiger partial charge in [-0.1, -0.05) is 20.8 Å². The second-order valence-corrected chi connectivity index (χ2v) is 7.00. The van der Waals surface area contributed by atoms with Crippen molar-refractivity contribution in [3.05, 3.63) is 17.7 Å². The first-order chi connectivity index (χ1) is 10.8. The van der Waals surface area contributed by atoms with Gasteiger partial charge in [0.1, 0.15) is 11.5 Å². The molecule has 0 spiro atoms. The molecule has 0 N–H and O–H groups in total. The van der Waals surface area contributed by atoms with E-state index in [1.54, 1.807) is 14.2 Å². The molecule has 1 amide bonds. The van der Waals surface area contributed by atoms with E-state index in [1.807, 2.05) is 44.7 Å². The maximum atomic E-state index is 12.4. The zero-order chi connectivity index (χ0) is 17.2. The van der Waals surface area contributed by atoms with Gasteiger partial charge in [0.05, 0.1) is 14.2 Å². The summed E-state index contributed by atoms with van der Waals surface area (Å²) in [5.41, 5.74) is 1.76. The van der Waals surface area contributed by atoms with Crippen LogP contribution < -0.4 is 14.4 Å². The van der Waals surface area contributed by atoms with Crippen molar-refractivity contribution >= 4 is 11.6 Å². The minimum Gasteiger partial charge on any atom is -0.496 e. The lowest BCUT2D eigenvalue weighted by atomic mass is 9.94. The summed E-state index contributed by atoms with van der Waals surface area (Å²) in [6.45, 7) is 11.0. The smallest absolute Gasteiger partial charge is 0.228 e. The summed E-state index contributed by atoms with van der Waals surface area (Å²) in [5.74, 6) is 1.87. The predicted octanol–water partition coefficient (Wildman–Crippen LogP) is 2.71. The average molecular weight is 320 g/mol. The Kier molecular flexibility index (Phi) is 5.07. The Morgan fingerprint density at radius 3 is 1.87 bits per heavy atom. The van der Waals surface area contributed by atoms with Crippen molar-refractivity contribution in [2.75, 3.05) is 45.3 Å². The number of ether oxygens (including phenoxy) is 2. The fourth-order valence-corrected chi connectivity index (χ4v) is 2.90. The van der Waals surface area contributed by atoms with Crippen LogP contribution in [0.25, 0.3) is 0 Å². The van der Waals surface area contributed by atoms with Crippen LogP contribution in [0.4, 0.5) is 5.69 Å². The number of rotatable bonds is 3. The average Bonchev–Trinajstić information content (AvgIpc) is 2.53. The number of methoxy groups -OCH3 is 2. The van der Waals surface area contributed by atoms with Gasteiger partial charge in [-0.05, 0) is 6.92 Å². The monoisotopic (exact) mass is 320 g/mol. The zero-order valence-corrected chi connectivity index (χ0v) is 15.1. The lowest BCUT2D eigenvalue weighted by Crippen LogP contribution is -2.51. The molecule has 0 aliphatic carbocycles. The minimum absolute atomic E-state index is 0.219. The molecule has 1 heterocycles. The fraction of sp³-hybridized carbons (Fsp3) is 0.611. The molecule has 0 bridgehead atoms. The van der Waals surface area contributed by atoms with E-state index in [1.165, 1.54) is 0 Å². The molecule has 5 nitrogen and oxygen atoms in total. The van der Waals surface area contributed by atoms with E-state index in [0.717, 1.165) is 48.9 Å². The largest absolute Gasteiger partial charge is 0.496 e. The Morgan fingerprint density at radius 2 is 1.48 bits per heavy atom. The third kappa shape index (κ3) is 3.71. The summed E-state index contributed by atoms with van der Waals surface area (Å²) < 4.78 is 10.9. The van der Waals surface area contributed by atoms with Crippen LogP contribution in [-0.2, 0) is 4.79 Å². The van der Waals surface area contributed by atoms with Crippen LogP contribution in [0.15, 0.2) is 12.1 Å². The van der Waals surface area contributed by atoms with Crippen LogP contribution in [-0.4, -0.2) is 51.2 Å². The summed E-state index contributed by atoms with van der Waals surface area (Å²) >= 11 is 0. The van der Waals surface area contributed by atoms with Crippen LogP contribution >= 0.6 is 0 Å². The number of benzene rings is 1. The van der Waals surface area contributed by atoms with E-state index < -0.39 is 0 Å². The third-order valence-corrected chi connectivity index (χ3v) is 4.31. The number of anilines is 1. The number of carbonyl (C=O) groups is 1. The van der Waals surface area contributed by atoms with E-state index >= 15 is 0 Å². The number of carbonyl (C=O) groups excluding carboxylic acids is 1. The van der Waals surface area contributed by atoms with Crippen LogP contribution in [0.5, 0.6) is 11.5 Å². The summed E-state index contributed by atoms with van der Waals surface area (Å²) in [6, 6.07) is 4.08. The van der Waals surface area contributed by atoms with Crippen molar-refractivity contribution in [1.29, 1.82) is 0 Å². The van der Waals surface area contributed by atoms with Gasteiger partial charge >= 0.3 is 0 Å². The molecule has 1 aromatic carbocycles. The topological polar surface area (TPSA) is 42.0 Å². The Morgan fingerprint density at radius 1 is 1.00 bits per heavy atom. The SMILES string of the molecule is COc1cc(N2CCN(C(=O)C(C)(C)C)CC2)cc(OC)c1C. The Labute approximate surface area is 139 Å². The second kappa shape index (κ2) is 6.69. The molecule has 1 aliphatic heterocycles. The first kappa shape index (κ1) is 17.4. The van der Waals surface area contributed by atoms with Crippen molar-refractivity contribution in [2.24, 2.45) is 5.41 Å². The Balaban J connectivity index is 2.13. The van der Waals surface area contributed by atoms with E-state index in [2.05, 4.69) is 4.90 Å². The first-order valence-electron chi connectivity index (χ1n) is 8.05. The highest BCUT2D eigenvalue weighted by molar-refractivity contribution is 5.81. The lowest BCUT2D eigenvalue weighted by molar-refractivity contribution is -0.139. The van der Waals surface area contributed by atoms with Crippen molar-refractivity contribution in [3.63, 3.8) is 0 Å². The number of piperazine rings is 1. The van der Waals surface area contributed by atoms with Crippen molar-refractivity contribution in [3.8, 4) is 11.5 Å². The molecular formula is C18H28N2O3. The normalized spacial score (nSPS) is 15.6. The molecule has 0 atom stereocenters. The first-order valence-corrected chi connectivity index (χ1v) is 8.05. The molecule has 1 fully saturated rings. The molecule has 5 heteroatoms. The molecule has 0 aromatic heterocycles. The molecule has 0 unspecified atom stereocenters. The zero-order valence-electron chi connectivity index (χ0n) is 15.1. The highest BCUT2D eigenvalue weighted by atomic mass is 16.5. The van der Waals surface area contributed by atoms with E-state index in [9.17, 15) is 4.79 Å². The van der Waals surface area contributed by atoms with Crippen LogP contribution in [0.2, 0.25) is 0 Å². The Hall–Kier alpha value is -1.91. The van der Waals surface area contributed by atoms with Gasteiger partial charge in [-0.15, -0.1) is 0 Å². The Bertz CT molecular complexity index is 545. The minimum atomic E-state index is -0.321. The maximum absolute atomic E-state index is 12.4. The molecule has 1 saturated heterocycles. The van der Waals surface area contributed by atoms with Crippen LogP contribution in [0.1, 0.15) is 26.3 Å². The quantitative estimate of drug-likeness (QED) is 0.859. The molecule has 128 valence electrons. The molecule has 1 aromatic rings. The molecule has 1 aliphatic rings. The number of nitrogens with zero attached hydrogens (tertiary/aromatic N) is 2. The molecule has 23 heavy (non-hydrogen) atoms. The fourth-order valence-electron chi connectivity index (χ4n) is 2.90. The van der Waals surface area contributed by atoms with Gasteiger partial charge < -0.3 is 19.3 Å². The van der Waals surface area contributed by atoms with Crippen molar-refractivity contribution in [1.82, 2.24) is 4.90 Å². The number of hydrogen-bond donors (Lipinski definition) is 0. The molecule has 0 saturated carbocycles. The van der Waals surface area contributed by atoms with Gasteiger partial charge in [0.15, 0.2) is 0 Å². The van der Waals surface area contributed by atoms with Gasteiger partial charge in [0, 0.05) is 55.0 Å². The van der Waals surface area contributed by atoms with Gasteiger partial charge in [0.25, 0.3) is 0 Å². The van der Waals surface area contributed by atoms with E-state index in [0.29, 0.717) is 0 Å². The summed E-state index contributed by atoms with van der Waals surface area (Å²) in [7, 11) is 3.34.